The van der Waals surface area contributed by atoms with Crippen LogP contribution < -0.4 is 0 Å². The lowest BCUT2D eigenvalue weighted by Crippen LogP contribution is -2.06. The molecule has 0 heterocycles. The second-order valence-electron chi connectivity index (χ2n) is 6.59. The summed E-state index contributed by atoms with van der Waals surface area (Å²) in [5.41, 5.74) is 0. The van der Waals surface area contributed by atoms with Crippen molar-refractivity contribution in [2.45, 2.75) is 103 Å². The zero-order valence-electron chi connectivity index (χ0n) is 13.1. The van der Waals surface area contributed by atoms with E-state index in [1.54, 1.807) is 6.92 Å². The molecule has 0 amide bonds. The average Bonchev–Trinajstić information content (AvgIpc) is 2.38. The van der Waals surface area contributed by atoms with Crippen LogP contribution in [-0.4, -0.2) is 5.78 Å². The van der Waals surface area contributed by atoms with Crippen molar-refractivity contribution in [3.63, 3.8) is 0 Å². The number of Topliss-reactive ketones (excluding diaryl/α,β-unsaturated/α-hetero) is 1. The SMILES string of the molecule is CC(=O)CC1CCCCCCCCCCCCCC1. The van der Waals surface area contributed by atoms with E-state index in [1.807, 2.05) is 0 Å². The zero-order valence-corrected chi connectivity index (χ0v) is 13.1. The fourth-order valence-electron chi connectivity index (χ4n) is 3.39. The number of carbonyl (C=O) groups is 1. The van der Waals surface area contributed by atoms with Crippen molar-refractivity contribution in [3.8, 4) is 0 Å². The van der Waals surface area contributed by atoms with Crippen LogP contribution in [0.4, 0.5) is 0 Å². The van der Waals surface area contributed by atoms with Gasteiger partial charge in [-0.25, -0.2) is 0 Å². The van der Waals surface area contributed by atoms with E-state index in [2.05, 4.69) is 0 Å². The van der Waals surface area contributed by atoms with Gasteiger partial charge < -0.3 is 4.79 Å². The van der Waals surface area contributed by atoms with Gasteiger partial charge >= 0.3 is 0 Å². The van der Waals surface area contributed by atoms with Crippen LogP contribution in [0.2, 0.25) is 0 Å². The normalized spacial score (nSPS) is 22.4. The zero-order chi connectivity index (χ0) is 13.8. The summed E-state index contributed by atoms with van der Waals surface area (Å²) in [7, 11) is 0. The first kappa shape index (κ1) is 16.7. The first-order valence-corrected chi connectivity index (χ1v) is 8.78. The summed E-state index contributed by atoms with van der Waals surface area (Å²) < 4.78 is 0. The van der Waals surface area contributed by atoms with Gasteiger partial charge in [-0.05, 0) is 12.8 Å². The summed E-state index contributed by atoms with van der Waals surface area (Å²) in [4.78, 5) is 11.3. The van der Waals surface area contributed by atoms with Gasteiger partial charge in [0.2, 0.25) is 0 Å². The Morgan fingerprint density at radius 2 is 1.00 bits per heavy atom. The molecule has 0 aromatic heterocycles. The molecule has 0 saturated heterocycles. The Kier molecular flexibility index (Phi) is 10.1. The average molecular weight is 266 g/mol. The predicted octanol–water partition coefficient (Wildman–Crippen LogP) is 6.06. The van der Waals surface area contributed by atoms with Crippen LogP contribution in [0, 0.1) is 5.92 Å². The molecule has 112 valence electrons. The minimum absolute atomic E-state index is 0.392. The van der Waals surface area contributed by atoms with Crippen LogP contribution in [0.25, 0.3) is 0 Å². The second kappa shape index (κ2) is 11.5. The Hall–Kier alpha value is -0.330. The van der Waals surface area contributed by atoms with Crippen LogP contribution in [0.15, 0.2) is 0 Å². The molecule has 0 N–H and O–H groups in total. The number of hydrogen-bond acceptors (Lipinski definition) is 1. The van der Waals surface area contributed by atoms with Gasteiger partial charge in [0, 0.05) is 6.42 Å². The number of rotatable bonds is 2. The molecule has 0 unspecified atom stereocenters. The Labute approximate surface area is 120 Å². The smallest absolute Gasteiger partial charge is 0.130 e. The van der Waals surface area contributed by atoms with Gasteiger partial charge in [-0.15, -0.1) is 0 Å². The van der Waals surface area contributed by atoms with E-state index >= 15 is 0 Å². The van der Waals surface area contributed by atoms with E-state index in [-0.39, 0.29) is 0 Å². The van der Waals surface area contributed by atoms with Gasteiger partial charge in [0.15, 0.2) is 0 Å². The lowest BCUT2D eigenvalue weighted by Gasteiger charge is -2.15. The fourth-order valence-corrected chi connectivity index (χ4v) is 3.39. The van der Waals surface area contributed by atoms with Gasteiger partial charge in [0.05, 0.1) is 0 Å². The van der Waals surface area contributed by atoms with Crippen LogP contribution in [-0.2, 0) is 4.79 Å². The minimum atomic E-state index is 0.392. The Balaban J connectivity index is 2.27. The quantitative estimate of drug-likeness (QED) is 0.594. The molecule has 0 aromatic carbocycles. The van der Waals surface area contributed by atoms with E-state index in [0.717, 1.165) is 6.42 Å². The van der Waals surface area contributed by atoms with Crippen LogP contribution >= 0.6 is 0 Å². The number of hydrogen-bond donors (Lipinski definition) is 0. The van der Waals surface area contributed by atoms with E-state index in [9.17, 15) is 4.79 Å². The lowest BCUT2D eigenvalue weighted by atomic mass is 9.90. The molecule has 1 fully saturated rings. The summed E-state index contributed by atoms with van der Waals surface area (Å²) in [6, 6.07) is 0. The van der Waals surface area contributed by atoms with Gasteiger partial charge in [0.1, 0.15) is 5.78 Å². The van der Waals surface area contributed by atoms with Crippen molar-refractivity contribution in [3.05, 3.63) is 0 Å². The largest absolute Gasteiger partial charge is 0.300 e. The van der Waals surface area contributed by atoms with Crippen molar-refractivity contribution in [1.82, 2.24) is 0 Å². The van der Waals surface area contributed by atoms with Crippen LogP contribution in [0.3, 0.4) is 0 Å². The molecule has 1 aliphatic carbocycles. The molecular formula is C18H34O. The van der Waals surface area contributed by atoms with Gasteiger partial charge in [-0.1, -0.05) is 89.9 Å². The third kappa shape index (κ3) is 10.2. The van der Waals surface area contributed by atoms with E-state index in [0.29, 0.717) is 11.7 Å². The molecule has 0 aromatic rings. The second-order valence-corrected chi connectivity index (χ2v) is 6.59. The summed E-state index contributed by atoms with van der Waals surface area (Å²) in [5, 5.41) is 0. The van der Waals surface area contributed by atoms with Crippen molar-refractivity contribution < 1.29 is 4.79 Å². The van der Waals surface area contributed by atoms with E-state index in [1.165, 1.54) is 89.9 Å². The topological polar surface area (TPSA) is 17.1 Å². The first-order valence-electron chi connectivity index (χ1n) is 8.78. The third-order valence-electron chi connectivity index (χ3n) is 4.55. The maximum atomic E-state index is 11.3. The minimum Gasteiger partial charge on any atom is -0.300 e. The molecule has 1 saturated carbocycles. The molecule has 0 bridgehead atoms. The van der Waals surface area contributed by atoms with Gasteiger partial charge in [-0.3, -0.25) is 0 Å². The van der Waals surface area contributed by atoms with Crippen molar-refractivity contribution in [2.75, 3.05) is 0 Å². The highest BCUT2D eigenvalue weighted by Gasteiger charge is 2.11. The maximum absolute atomic E-state index is 11.3. The van der Waals surface area contributed by atoms with Crippen LogP contribution in [0.5, 0.6) is 0 Å². The Morgan fingerprint density at radius 3 is 1.32 bits per heavy atom. The number of ketones is 1. The Morgan fingerprint density at radius 1 is 0.684 bits per heavy atom. The summed E-state index contributed by atoms with van der Waals surface area (Å²) >= 11 is 0. The molecule has 19 heavy (non-hydrogen) atoms. The molecule has 0 spiro atoms. The molecule has 1 rings (SSSR count). The molecule has 0 aliphatic heterocycles. The summed E-state index contributed by atoms with van der Waals surface area (Å²) in [6.45, 7) is 1.76. The first-order chi connectivity index (χ1) is 9.29. The molecule has 0 atom stereocenters. The fraction of sp³-hybridized carbons (Fsp3) is 0.944. The molecule has 1 heteroatoms. The van der Waals surface area contributed by atoms with Crippen LogP contribution in [0.1, 0.15) is 103 Å². The number of carbonyl (C=O) groups excluding carboxylic acids is 1. The van der Waals surface area contributed by atoms with E-state index in [4.69, 9.17) is 0 Å². The molecule has 1 nitrogen and oxygen atoms in total. The molecule has 0 radical (unpaired) electrons. The summed E-state index contributed by atoms with van der Waals surface area (Å²) in [5.74, 6) is 1.07. The molecular weight excluding hydrogens is 232 g/mol. The van der Waals surface area contributed by atoms with Crippen molar-refractivity contribution in [1.29, 1.82) is 0 Å². The monoisotopic (exact) mass is 266 g/mol. The van der Waals surface area contributed by atoms with Crippen molar-refractivity contribution >= 4 is 5.78 Å². The van der Waals surface area contributed by atoms with E-state index < -0.39 is 0 Å². The van der Waals surface area contributed by atoms with Crippen molar-refractivity contribution in [2.24, 2.45) is 5.92 Å². The summed E-state index contributed by atoms with van der Waals surface area (Å²) in [6.07, 6.45) is 20.3. The lowest BCUT2D eigenvalue weighted by molar-refractivity contribution is -0.118. The highest BCUT2D eigenvalue weighted by molar-refractivity contribution is 5.75. The highest BCUT2D eigenvalue weighted by atomic mass is 16.1. The van der Waals surface area contributed by atoms with Gasteiger partial charge in [-0.2, -0.15) is 0 Å². The predicted molar refractivity (Wildman–Crippen MR) is 83.4 cm³/mol. The van der Waals surface area contributed by atoms with Gasteiger partial charge in [0.25, 0.3) is 0 Å². The third-order valence-corrected chi connectivity index (χ3v) is 4.55. The Bertz CT molecular complexity index is 206. The molecule has 1 aliphatic rings. The standard InChI is InChI=1S/C18H34O/c1-17(19)16-18-14-12-10-8-6-4-2-3-5-7-9-11-13-15-18/h18H,2-16H2,1H3. The highest BCUT2D eigenvalue weighted by Crippen LogP contribution is 2.23. The maximum Gasteiger partial charge on any atom is 0.130 e.